The highest BCUT2D eigenvalue weighted by molar-refractivity contribution is 4.89. The van der Waals surface area contributed by atoms with Crippen molar-refractivity contribution >= 4 is 0 Å². The van der Waals surface area contributed by atoms with Crippen LogP contribution in [0.3, 0.4) is 0 Å². The van der Waals surface area contributed by atoms with Gasteiger partial charge in [-0.1, -0.05) is 6.92 Å². The quantitative estimate of drug-likeness (QED) is 0.735. The smallest absolute Gasteiger partial charge is 0.0623 e. The van der Waals surface area contributed by atoms with Gasteiger partial charge in [-0.05, 0) is 46.2 Å². The fraction of sp³-hybridized carbons (Fsp3) is 1.00. The van der Waals surface area contributed by atoms with Crippen LogP contribution in [0.25, 0.3) is 0 Å². The van der Waals surface area contributed by atoms with Crippen LogP contribution in [0.5, 0.6) is 0 Å². The van der Waals surface area contributed by atoms with Gasteiger partial charge >= 0.3 is 0 Å². The number of nitrogens with one attached hydrogen (secondary N) is 1. The van der Waals surface area contributed by atoms with E-state index in [4.69, 9.17) is 0 Å². The van der Waals surface area contributed by atoms with Crippen LogP contribution in [-0.2, 0) is 0 Å². The topological polar surface area (TPSA) is 35.5 Å². The van der Waals surface area contributed by atoms with E-state index in [0.717, 1.165) is 12.5 Å². The lowest BCUT2D eigenvalue weighted by Gasteiger charge is -2.42. The van der Waals surface area contributed by atoms with Crippen LogP contribution in [0.4, 0.5) is 0 Å². The highest BCUT2D eigenvalue weighted by Crippen LogP contribution is 2.24. The summed E-state index contributed by atoms with van der Waals surface area (Å²) >= 11 is 0. The highest BCUT2D eigenvalue weighted by Gasteiger charge is 2.30. The van der Waals surface area contributed by atoms with Crippen molar-refractivity contribution in [3.05, 3.63) is 0 Å². The summed E-state index contributed by atoms with van der Waals surface area (Å²) in [6, 6.07) is 0.637. The van der Waals surface area contributed by atoms with E-state index in [1.165, 1.54) is 19.4 Å². The van der Waals surface area contributed by atoms with Crippen LogP contribution in [0.15, 0.2) is 0 Å². The van der Waals surface area contributed by atoms with Gasteiger partial charge in [0.15, 0.2) is 0 Å². The minimum atomic E-state index is -0.161. The molecule has 15 heavy (non-hydrogen) atoms. The first-order valence-corrected chi connectivity index (χ1v) is 6.06. The third kappa shape index (κ3) is 3.16. The molecule has 0 radical (unpaired) electrons. The number of hydrogen-bond donors (Lipinski definition) is 2. The van der Waals surface area contributed by atoms with Gasteiger partial charge in [0, 0.05) is 12.6 Å². The Labute approximate surface area is 93.9 Å². The molecule has 1 aliphatic rings. The molecular weight excluding hydrogens is 188 g/mol. The third-order valence-corrected chi connectivity index (χ3v) is 4.01. The summed E-state index contributed by atoms with van der Waals surface area (Å²) in [5.41, 5.74) is -0.161. The van der Waals surface area contributed by atoms with Gasteiger partial charge in [-0.25, -0.2) is 0 Å². The van der Waals surface area contributed by atoms with Gasteiger partial charge in [-0.3, -0.25) is 4.90 Å². The number of rotatable bonds is 4. The molecule has 0 aliphatic carbocycles. The van der Waals surface area contributed by atoms with E-state index in [1.807, 2.05) is 7.05 Å². The number of likely N-dealkylation sites (N-methyl/N-ethyl adjacent to an activating group) is 1. The Bertz CT molecular complexity index is 192. The maximum atomic E-state index is 9.38. The molecule has 0 bridgehead atoms. The molecule has 2 N–H and O–H groups in total. The van der Waals surface area contributed by atoms with Crippen molar-refractivity contribution in [3.8, 4) is 0 Å². The molecule has 1 aliphatic heterocycles. The summed E-state index contributed by atoms with van der Waals surface area (Å²) in [5.74, 6) is 0.776. The maximum absolute atomic E-state index is 9.38. The Kier molecular flexibility index (Phi) is 4.56. The van der Waals surface area contributed by atoms with Crippen LogP contribution in [0.1, 0.15) is 33.6 Å². The Morgan fingerprint density at radius 1 is 1.47 bits per heavy atom. The molecule has 0 aromatic heterocycles. The Morgan fingerprint density at radius 2 is 2.13 bits per heavy atom. The lowest BCUT2D eigenvalue weighted by atomic mass is 9.90. The zero-order valence-corrected chi connectivity index (χ0v) is 10.6. The maximum Gasteiger partial charge on any atom is 0.0623 e. The van der Waals surface area contributed by atoms with Crippen molar-refractivity contribution in [3.63, 3.8) is 0 Å². The minimum Gasteiger partial charge on any atom is -0.394 e. The Balaban J connectivity index is 2.56. The van der Waals surface area contributed by atoms with Gasteiger partial charge in [0.1, 0.15) is 0 Å². The zero-order chi connectivity index (χ0) is 11.5. The molecule has 3 heteroatoms. The molecule has 1 rings (SSSR count). The Morgan fingerprint density at radius 3 is 2.67 bits per heavy atom. The molecule has 3 unspecified atom stereocenters. The van der Waals surface area contributed by atoms with Gasteiger partial charge in [-0.15, -0.1) is 0 Å². The van der Waals surface area contributed by atoms with Crippen molar-refractivity contribution < 1.29 is 5.11 Å². The first kappa shape index (κ1) is 12.9. The molecule has 0 saturated carbocycles. The summed E-state index contributed by atoms with van der Waals surface area (Å²) in [5, 5.41) is 12.6. The largest absolute Gasteiger partial charge is 0.394 e. The van der Waals surface area contributed by atoms with Crippen molar-refractivity contribution in [1.29, 1.82) is 0 Å². The summed E-state index contributed by atoms with van der Waals surface area (Å²) < 4.78 is 0. The second kappa shape index (κ2) is 5.28. The van der Waals surface area contributed by atoms with Crippen LogP contribution in [0, 0.1) is 5.92 Å². The first-order valence-electron chi connectivity index (χ1n) is 6.06. The van der Waals surface area contributed by atoms with E-state index < -0.39 is 0 Å². The monoisotopic (exact) mass is 214 g/mol. The normalized spacial score (nSPS) is 32.6. The van der Waals surface area contributed by atoms with Crippen molar-refractivity contribution in [2.45, 2.75) is 45.2 Å². The Hall–Kier alpha value is -0.120. The number of aliphatic hydroxyl groups excluding tert-OH is 1. The van der Waals surface area contributed by atoms with Crippen LogP contribution in [0.2, 0.25) is 0 Å². The predicted molar refractivity (Wildman–Crippen MR) is 64.0 cm³/mol. The molecule has 0 aromatic rings. The van der Waals surface area contributed by atoms with Gasteiger partial charge in [-0.2, -0.15) is 0 Å². The fourth-order valence-corrected chi connectivity index (χ4v) is 2.30. The van der Waals surface area contributed by atoms with E-state index in [1.54, 1.807) is 0 Å². The predicted octanol–water partition coefficient (Wildman–Crippen LogP) is 1.08. The molecule has 1 fully saturated rings. The van der Waals surface area contributed by atoms with E-state index >= 15 is 0 Å². The molecule has 0 spiro atoms. The third-order valence-electron chi connectivity index (χ3n) is 4.01. The van der Waals surface area contributed by atoms with E-state index in [2.05, 4.69) is 31.0 Å². The molecule has 1 saturated heterocycles. The van der Waals surface area contributed by atoms with Crippen LogP contribution < -0.4 is 5.32 Å². The SMILES string of the molecule is CNC(C)(CO)CN1CCCC(C)C1C. The highest BCUT2D eigenvalue weighted by atomic mass is 16.3. The fourth-order valence-electron chi connectivity index (χ4n) is 2.30. The standard InChI is InChI=1S/C12H26N2O/c1-10-6-5-7-14(11(10)2)8-12(3,9-15)13-4/h10-11,13,15H,5-9H2,1-4H3. The van der Waals surface area contributed by atoms with Crippen LogP contribution >= 0.6 is 0 Å². The van der Waals surface area contributed by atoms with Gasteiger partial charge in [0.2, 0.25) is 0 Å². The van der Waals surface area contributed by atoms with Gasteiger partial charge < -0.3 is 10.4 Å². The molecule has 0 amide bonds. The summed E-state index contributed by atoms with van der Waals surface area (Å²) in [7, 11) is 1.92. The van der Waals surface area contributed by atoms with E-state index in [-0.39, 0.29) is 12.1 Å². The zero-order valence-electron chi connectivity index (χ0n) is 10.6. The first-order chi connectivity index (χ1) is 7.02. The molecule has 0 aromatic carbocycles. The average molecular weight is 214 g/mol. The summed E-state index contributed by atoms with van der Waals surface area (Å²) in [4.78, 5) is 2.50. The van der Waals surface area contributed by atoms with E-state index in [0.29, 0.717) is 6.04 Å². The second-order valence-corrected chi connectivity index (χ2v) is 5.30. The molecular formula is C12H26N2O. The summed E-state index contributed by atoms with van der Waals surface area (Å²) in [6.45, 7) is 9.01. The number of nitrogens with zero attached hydrogens (tertiary/aromatic N) is 1. The van der Waals surface area contributed by atoms with Gasteiger partial charge in [0.05, 0.1) is 12.1 Å². The molecule has 3 atom stereocenters. The number of hydrogen-bond acceptors (Lipinski definition) is 3. The van der Waals surface area contributed by atoms with Crippen molar-refractivity contribution in [1.82, 2.24) is 10.2 Å². The lowest BCUT2D eigenvalue weighted by Crippen LogP contribution is -2.56. The van der Waals surface area contributed by atoms with Crippen LogP contribution in [-0.4, -0.2) is 48.3 Å². The average Bonchev–Trinajstić information content (AvgIpc) is 2.25. The van der Waals surface area contributed by atoms with E-state index in [9.17, 15) is 5.11 Å². The number of aliphatic hydroxyl groups is 1. The molecule has 3 nitrogen and oxygen atoms in total. The number of likely N-dealkylation sites (tertiary alicyclic amines) is 1. The number of piperidine rings is 1. The minimum absolute atomic E-state index is 0.161. The van der Waals surface area contributed by atoms with Crippen molar-refractivity contribution in [2.75, 3.05) is 26.7 Å². The van der Waals surface area contributed by atoms with Crippen molar-refractivity contribution in [2.24, 2.45) is 5.92 Å². The second-order valence-electron chi connectivity index (χ2n) is 5.30. The lowest BCUT2D eigenvalue weighted by molar-refractivity contribution is 0.0605. The summed E-state index contributed by atoms with van der Waals surface area (Å²) in [6.07, 6.45) is 2.63. The molecule has 1 heterocycles. The molecule has 90 valence electrons. The van der Waals surface area contributed by atoms with Gasteiger partial charge in [0.25, 0.3) is 0 Å².